The summed E-state index contributed by atoms with van der Waals surface area (Å²) in [5.74, 6) is 1.90. The van der Waals surface area contributed by atoms with Crippen molar-refractivity contribution in [3.63, 3.8) is 0 Å². The van der Waals surface area contributed by atoms with Crippen molar-refractivity contribution in [1.82, 2.24) is 0 Å². The predicted octanol–water partition coefficient (Wildman–Crippen LogP) is 3.58. The molecule has 18 heavy (non-hydrogen) atoms. The molecule has 96 valence electrons. The van der Waals surface area contributed by atoms with Crippen LogP contribution in [0.15, 0.2) is 12.1 Å². The molecule has 1 atom stereocenters. The van der Waals surface area contributed by atoms with Crippen LogP contribution in [0.4, 0.5) is 0 Å². The van der Waals surface area contributed by atoms with Crippen LogP contribution >= 0.6 is 11.6 Å². The van der Waals surface area contributed by atoms with E-state index in [0.29, 0.717) is 11.7 Å². The van der Waals surface area contributed by atoms with Crippen molar-refractivity contribution < 1.29 is 9.53 Å². The maximum atomic E-state index is 11.5. The number of carbonyl (C=O) groups excluding carboxylic acids is 1. The Kier molecular flexibility index (Phi) is 3.29. The SMILES string of the molecule is O=C1CCCC(Cc2cc(Cl)cc3c2OCC3)C1. The van der Waals surface area contributed by atoms with E-state index in [1.165, 1.54) is 11.1 Å². The van der Waals surface area contributed by atoms with Crippen molar-refractivity contribution in [3.8, 4) is 5.75 Å². The lowest BCUT2D eigenvalue weighted by Gasteiger charge is -2.21. The van der Waals surface area contributed by atoms with Crippen LogP contribution in [-0.2, 0) is 17.6 Å². The summed E-state index contributed by atoms with van der Waals surface area (Å²) in [7, 11) is 0. The highest BCUT2D eigenvalue weighted by Crippen LogP contribution is 2.36. The molecule has 0 bridgehead atoms. The fourth-order valence-electron chi connectivity index (χ4n) is 3.10. The molecule has 0 saturated heterocycles. The molecule has 1 unspecified atom stereocenters. The number of carbonyl (C=O) groups is 1. The first-order chi connectivity index (χ1) is 8.72. The van der Waals surface area contributed by atoms with Gasteiger partial charge >= 0.3 is 0 Å². The largest absolute Gasteiger partial charge is 0.493 e. The molecule has 0 aromatic heterocycles. The molecule has 1 heterocycles. The lowest BCUT2D eigenvalue weighted by atomic mass is 9.83. The Labute approximate surface area is 112 Å². The van der Waals surface area contributed by atoms with Crippen LogP contribution in [0, 0.1) is 5.92 Å². The van der Waals surface area contributed by atoms with Gasteiger partial charge in [-0.05, 0) is 48.4 Å². The molecule has 1 aromatic carbocycles. The van der Waals surface area contributed by atoms with Crippen molar-refractivity contribution in [2.45, 2.75) is 38.5 Å². The first-order valence-corrected chi connectivity index (χ1v) is 7.06. The summed E-state index contributed by atoms with van der Waals surface area (Å²) in [5.41, 5.74) is 2.41. The maximum absolute atomic E-state index is 11.5. The van der Waals surface area contributed by atoms with Gasteiger partial charge in [0, 0.05) is 24.3 Å². The van der Waals surface area contributed by atoms with Gasteiger partial charge < -0.3 is 4.74 Å². The van der Waals surface area contributed by atoms with E-state index in [4.69, 9.17) is 16.3 Å². The van der Waals surface area contributed by atoms with Crippen LogP contribution in [0.25, 0.3) is 0 Å². The van der Waals surface area contributed by atoms with Crippen LogP contribution in [-0.4, -0.2) is 12.4 Å². The van der Waals surface area contributed by atoms with Crippen molar-refractivity contribution in [3.05, 3.63) is 28.3 Å². The number of hydrogen-bond donors (Lipinski definition) is 0. The van der Waals surface area contributed by atoms with Gasteiger partial charge in [-0.15, -0.1) is 0 Å². The molecule has 1 fully saturated rings. The zero-order chi connectivity index (χ0) is 12.5. The third-order valence-corrected chi connectivity index (χ3v) is 4.14. The number of ketones is 1. The summed E-state index contributed by atoms with van der Waals surface area (Å²) in [6.07, 6.45) is 5.54. The minimum Gasteiger partial charge on any atom is -0.493 e. The standard InChI is InChI=1S/C15H17ClO2/c16-13-8-11-4-5-18-15(11)12(9-13)6-10-2-1-3-14(17)7-10/h8-10H,1-7H2. The van der Waals surface area contributed by atoms with Crippen molar-refractivity contribution >= 4 is 17.4 Å². The average Bonchev–Trinajstić information content (AvgIpc) is 2.77. The molecule has 3 heteroatoms. The van der Waals surface area contributed by atoms with Crippen LogP contribution in [0.3, 0.4) is 0 Å². The fourth-order valence-corrected chi connectivity index (χ4v) is 3.36. The van der Waals surface area contributed by atoms with Gasteiger partial charge in [-0.2, -0.15) is 0 Å². The summed E-state index contributed by atoms with van der Waals surface area (Å²) in [6.45, 7) is 0.756. The van der Waals surface area contributed by atoms with Gasteiger partial charge in [0.1, 0.15) is 11.5 Å². The zero-order valence-electron chi connectivity index (χ0n) is 10.4. The summed E-state index contributed by atoms with van der Waals surface area (Å²) in [6, 6.07) is 4.00. The van der Waals surface area contributed by atoms with E-state index in [2.05, 4.69) is 0 Å². The van der Waals surface area contributed by atoms with E-state index in [0.717, 1.165) is 55.9 Å². The summed E-state index contributed by atoms with van der Waals surface area (Å²) >= 11 is 6.15. The van der Waals surface area contributed by atoms with Gasteiger partial charge in [0.05, 0.1) is 6.61 Å². The van der Waals surface area contributed by atoms with Gasteiger partial charge in [-0.1, -0.05) is 11.6 Å². The maximum Gasteiger partial charge on any atom is 0.133 e. The number of ether oxygens (including phenoxy) is 1. The van der Waals surface area contributed by atoms with Gasteiger partial charge in [0.25, 0.3) is 0 Å². The topological polar surface area (TPSA) is 26.3 Å². The molecule has 1 aromatic rings. The molecule has 0 amide bonds. The van der Waals surface area contributed by atoms with E-state index in [9.17, 15) is 4.79 Å². The Hall–Kier alpha value is -1.02. The number of Topliss-reactive ketones (excluding diaryl/α,β-unsaturated/α-hetero) is 1. The molecule has 1 saturated carbocycles. The third-order valence-electron chi connectivity index (χ3n) is 3.92. The summed E-state index contributed by atoms with van der Waals surface area (Å²) < 4.78 is 5.71. The Morgan fingerprint density at radius 2 is 2.22 bits per heavy atom. The normalized spacial score (nSPS) is 22.7. The van der Waals surface area contributed by atoms with E-state index in [1.807, 2.05) is 12.1 Å². The molecule has 0 spiro atoms. The molecule has 2 nitrogen and oxygen atoms in total. The predicted molar refractivity (Wildman–Crippen MR) is 71.3 cm³/mol. The van der Waals surface area contributed by atoms with E-state index in [-0.39, 0.29) is 0 Å². The van der Waals surface area contributed by atoms with E-state index in [1.54, 1.807) is 0 Å². The highest BCUT2D eigenvalue weighted by atomic mass is 35.5. The Bertz CT molecular complexity index is 482. The van der Waals surface area contributed by atoms with Crippen LogP contribution in [0.1, 0.15) is 36.8 Å². The molecular formula is C15H17ClO2. The van der Waals surface area contributed by atoms with Gasteiger partial charge in [0.15, 0.2) is 0 Å². The number of halogens is 1. The van der Waals surface area contributed by atoms with Crippen molar-refractivity contribution in [1.29, 1.82) is 0 Å². The second-order valence-electron chi connectivity index (χ2n) is 5.36. The minimum absolute atomic E-state index is 0.408. The van der Waals surface area contributed by atoms with Crippen LogP contribution in [0.5, 0.6) is 5.75 Å². The second-order valence-corrected chi connectivity index (χ2v) is 5.79. The van der Waals surface area contributed by atoms with Gasteiger partial charge in [0.2, 0.25) is 0 Å². The zero-order valence-corrected chi connectivity index (χ0v) is 11.1. The number of benzene rings is 1. The highest BCUT2D eigenvalue weighted by Gasteiger charge is 2.23. The summed E-state index contributed by atoms with van der Waals surface area (Å²) in [5, 5.41) is 0.788. The highest BCUT2D eigenvalue weighted by molar-refractivity contribution is 6.30. The Morgan fingerprint density at radius 1 is 1.33 bits per heavy atom. The molecule has 0 radical (unpaired) electrons. The fraction of sp³-hybridized carbons (Fsp3) is 0.533. The lowest BCUT2D eigenvalue weighted by Crippen LogP contribution is -2.17. The van der Waals surface area contributed by atoms with E-state index >= 15 is 0 Å². The van der Waals surface area contributed by atoms with Gasteiger partial charge in [-0.25, -0.2) is 0 Å². The lowest BCUT2D eigenvalue weighted by molar-refractivity contribution is -0.121. The molecule has 2 aliphatic rings. The van der Waals surface area contributed by atoms with Crippen molar-refractivity contribution in [2.24, 2.45) is 5.92 Å². The number of rotatable bonds is 2. The average molecular weight is 265 g/mol. The number of fused-ring (bicyclic) bond motifs is 1. The second kappa shape index (κ2) is 4.93. The molecule has 1 aliphatic heterocycles. The third kappa shape index (κ3) is 2.39. The van der Waals surface area contributed by atoms with Crippen molar-refractivity contribution in [2.75, 3.05) is 6.61 Å². The molecule has 1 aliphatic carbocycles. The monoisotopic (exact) mass is 264 g/mol. The first-order valence-electron chi connectivity index (χ1n) is 6.68. The van der Waals surface area contributed by atoms with Gasteiger partial charge in [-0.3, -0.25) is 4.79 Å². The smallest absolute Gasteiger partial charge is 0.133 e. The Morgan fingerprint density at radius 3 is 3.06 bits per heavy atom. The molecule has 3 rings (SSSR count). The first kappa shape index (κ1) is 12.0. The van der Waals surface area contributed by atoms with Crippen LogP contribution in [0.2, 0.25) is 5.02 Å². The Balaban J connectivity index is 1.82. The van der Waals surface area contributed by atoms with Crippen LogP contribution < -0.4 is 4.74 Å². The summed E-state index contributed by atoms with van der Waals surface area (Å²) in [4.78, 5) is 11.5. The molecular weight excluding hydrogens is 248 g/mol. The van der Waals surface area contributed by atoms with E-state index < -0.39 is 0 Å². The number of hydrogen-bond acceptors (Lipinski definition) is 2. The minimum atomic E-state index is 0.408. The quantitative estimate of drug-likeness (QED) is 0.816. The molecule has 0 N–H and O–H groups in total.